The van der Waals surface area contributed by atoms with Crippen LogP contribution in [0.3, 0.4) is 0 Å². The number of rotatable bonds is 10. The molecule has 9 nitrogen and oxygen atoms in total. The van der Waals surface area contributed by atoms with Crippen molar-refractivity contribution in [3.8, 4) is 17.1 Å². The van der Waals surface area contributed by atoms with E-state index in [0.717, 1.165) is 18.4 Å². The molecule has 0 amide bonds. The zero-order valence-electron chi connectivity index (χ0n) is 22.0. The number of fused-ring (bicyclic) bond motifs is 1. The number of nitrogens with one attached hydrogen (secondary N) is 1. The summed E-state index contributed by atoms with van der Waals surface area (Å²) in [5.74, 6) is 0.639. The fourth-order valence-corrected chi connectivity index (χ4v) is 6.33. The van der Waals surface area contributed by atoms with Gasteiger partial charge >= 0.3 is 0 Å². The number of aromatic amines is 1. The Hall–Kier alpha value is -2.76. The lowest BCUT2D eigenvalue weighted by Gasteiger charge is -2.35. The van der Waals surface area contributed by atoms with Crippen LogP contribution in [0.15, 0.2) is 34.1 Å². The second-order valence-corrected chi connectivity index (χ2v) is 11.6. The fraction of sp³-hybridized carbons (Fsp3) is 0.538. The molecule has 0 spiro atoms. The third-order valence-electron chi connectivity index (χ3n) is 6.73. The van der Waals surface area contributed by atoms with Crippen LogP contribution in [0.4, 0.5) is 4.39 Å². The SMILES string of the molecule is CCCc1cn(C)c2c(=O)[nH]c(-c3cc(S(=O)(=O)N4CCN(C[C@H](C)CF)CC4)ccc3OCC)nc12. The van der Waals surface area contributed by atoms with Crippen LogP contribution < -0.4 is 10.3 Å². The Morgan fingerprint density at radius 1 is 1.19 bits per heavy atom. The first-order valence-electron chi connectivity index (χ1n) is 12.8. The number of sulfonamides is 1. The highest BCUT2D eigenvalue weighted by Crippen LogP contribution is 2.32. The summed E-state index contributed by atoms with van der Waals surface area (Å²) in [7, 11) is -1.98. The van der Waals surface area contributed by atoms with Crippen molar-refractivity contribution in [2.24, 2.45) is 13.0 Å². The third kappa shape index (κ3) is 5.58. The van der Waals surface area contributed by atoms with Crippen LogP contribution in [0.25, 0.3) is 22.4 Å². The van der Waals surface area contributed by atoms with Gasteiger partial charge in [-0.25, -0.2) is 13.4 Å². The first-order chi connectivity index (χ1) is 17.7. The van der Waals surface area contributed by atoms with Crippen molar-refractivity contribution in [2.75, 3.05) is 46.0 Å². The summed E-state index contributed by atoms with van der Waals surface area (Å²) in [5, 5.41) is 0. The van der Waals surface area contributed by atoms with Crippen molar-refractivity contribution in [1.82, 2.24) is 23.7 Å². The van der Waals surface area contributed by atoms with E-state index >= 15 is 0 Å². The minimum atomic E-state index is -3.79. The Bertz CT molecular complexity index is 1410. The van der Waals surface area contributed by atoms with Crippen molar-refractivity contribution < 1.29 is 17.5 Å². The molecule has 0 aliphatic carbocycles. The summed E-state index contributed by atoms with van der Waals surface area (Å²) < 4.78 is 49.0. The number of ether oxygens (including phenoxy) is 1. The van der Waals surface area contributed by atoms with E-state index < -0.39 is 16.7 Å². The fourth-order valence-electron chi connectivity index (χ4n) is 4.88. The highest BCUT2D eigenvalue weighted by Gasteiger charge is 2.30. The second kappa shape index (κ2) is 11.3. The number of hydrogen-bond donors (Lipinski definition) is 1. The number of halogens is 1. The third-order valence-corrected chi connectivity index (χ3v) is 8.62. The number of aromatic nitrogens is 3. The Labute approximate surface area is 217 Å². The molecule has 0 saturated carbocycles. The lowest BCUT2D eigenvalue weighted by Crippen LogP contribution is -2.49. The normalized spacial score (nSPS) is 16.4. The zero-order valence-corrected chi connectivity index (χ0v) is 22.8. The molecule has 2 aromatic heterocycles. The largest absolute Gasteiger partial charge is 0.493 e. The lowest BCUT2D eigenvalue weighted by atomic mass is 10.1. The average molecular weight is 534 g/mol. The van der Waals surface area contributed by atoms with E-state index in [2.05, 4.69) is 16.8 Å². The summed E-state index contributed by atoms with van der Waals surface area (Å²) >= 11 is 0. The first-order valence-corrected chi connectivity index (χ1v) is 14.3. The van der Waals surface area contributed by atoms with Crippen molar-refractivity contribution in [1.29, 1.82) is 0 Å². The number of piperazine rings is 1. The predicted octanol–water partition coefficient (Wildman–Crippen LogP) is 3.19. The molecular weight excluding hydrogens is 497 g/mol. The zero-order chi connectivity index (χ0) is 26.7. The molecule has 1 fully saturated rings. The maximum atomic E-state index is 13.6. The van der Waals surface area contributed by atoms with Crippen molar-refractivity contribution in [2.45, 2.75) is 38.5 Å². The second-order valence-electron chi connectivity index (χ2n) is 9.68. The monoisotopic (exact) mass is 533 g/mol. The smallest absolute Gasteiger partial charge is 0.275 e. The van der Waals surface area contributed by atoms with Gasteiger partial charge in [0.1, 0.15) is 17.1 Å². The summed E-state index contributed by atoms with van der Waals surface area (Å²) in [5.41, 5.74) is 2.18. The number of aryl methyl sites for hydroxylation is 2. The van der Waals surface area contributed by atoms with E-state index in [1.54, 1.807) is 10.6 Å². The van der Waals surface area contributed by atoms with Crippen molar-refractivity contribution >= 4 is 21.1 Å². The summed E-state index contributed by atoms with van der Waals surface area (Å²) in [6, 6.07) is 4.68. The van der Waals surface area contributed by atoms with Gasteiger partial charge in [-0.15, -0.1) is 0 Å². The molecular formula is C26H36FN5O4S. The van der Waals surface area contributed by atoms with Gasteiger partial charge in [-0.2, -0.15) is 4.31 Å². The van der Waals surface area contributed by atoms with Crippen molar-refractivity contribution in [3.63, 3.8) is 0 Å². The van der Waals surface area contributed by atoms with Gasteiger partial charge < -0.3 is 19.2 Å². The van der Waals surface area contributed by atoms with Crippen LogP contribution in [-0.2, 0) is 23.5 Å². The van der Waals surface area contributed by atoms with Gasteiger partial charge in [0.25, 0.3) is 5.56 Å². The van der Waals surface area contributed by atoms with Gasteiger partial charge in [0.05, 0.1) is 29.3 Å². The predicted molar refractivity (Wildman–Crippen MR) is 142 cm³/mol. The van der Waals surface area contributed by atoms with Gasteiger partial charge in [0.2, 0.25) is 10.0 Å². The van der Waals surface area contributed by atoms with Crippen LogP contribution in [-0.4, -0.2) is 78.2 Å². The molecule has 4 rings (SSSR count). The van der Waals surface area contributed by atoms with Crippen LogP contribution in [0.2, 0.25) is 0 Å². The van der Waals surface area contributed by atoms with Crippen LogP contribution in [0.5, 0.6) is 5.75 Å². The minimum Gasteiger partial charge on any atom is -0.493 e. The molecule has 0 unspecified atom stereocenters. The number of alkyl halides is 1. The highest BCUT2D eigenvalue weighted by molar-refractivity contribution is 7.89. The Kier molecular flexibility index (Phi) is 8.35. The van der Waals surface area contributed by atoms with E-state index in [4.69, 9.17) is 9.72 Å². The maximum Gasteiger partial charge on any atom is 0.275 e. The highest BCUT2D eigenvalue weighted by atomic mass is 32.2. The van der Waals surface area contributed by atoms with Crippen LogP contribution in [0, 0.1) is 5.92 Å². The Morgan fingerprint density at radius 3 is 2.57 bits per heavy atom. The van der Waals surface area contributed by atoms with E-state index in [1.165, 1.54) is 16.4 Å². The molecule has 1 N–H and O–H groups in total. The minimum absolute atomic E-state index is 0.0775. The van der Waals surface area contributed by atoms with Crippen LogP contribution in [0.1, 0.15) is 32.8 Å². The molecule has 202 valence electrons. The van der Waals surface area contributed by atoms with Gasteiger partial charge in [0.15, 0.2) is 0 Å². The number of H-pyrrole nitrogens is 1. The molecule has 0 bridgehead atoms. The first kappa shape index (κ1) is 27.3. The van der Waals surface area contributed by atoms with Gasteiger partial charge in [-0.05, 0) is 43.0 Å². The summed E-state index contributed by atoms with van der Waals surface area (Å²) in [4.78, 5) is 22.8. The molecule has 1 aliphatic heterocycles. The van der Waals surface area contributed by atoms with E-state index in [9.17, 15) is 17.6 Å². The Morgan fingerprint density at radius 2 is 1.92 bits per heavy atom. The van der Waals surface area contributed by atoms with Crippen LogP contribution >= 0.6 is 0 Å². The van der Waals surface area contributed by atoms with E-state index in [1.807, 2.05) is 27.1 Å². The van der Waals surface area contributed by atoms with Crippen molar-refractivity contribution in [3.05, 3.63) is 40.3 Å². The van der Waals surface area contributed by atoms with Gasteiger partial charge in [-0.3, -0.25) is 9.18 Å². The molecule has 1 atom stereocenters. The lowest BCUT2D eigenvalue weighted by molar-refractivity contribution is 0.159. The Balaban J connectivity index is 1.71. The van der Waals surface area contributed by atoms with Gasteiger partial charge in [0, 0.05) is 46.0 Å². The molecule has 1 aliphatic rings. The van der Waals surface area contributed by atoms with E-state index in [-0.39, 0.29) is 22.2 Å². The molecule has 0 radical (unpaired) electrons. The molecule has 11 heteroatoms. The van der Waals surface area contributed by atoms with E-state index in [0.29, 0.717) is 61.7 Å². The quantitative estimate of drug-likeness (QED) is 0.430. The number of benzene rings is 1. The topological polar surface area (TPSA) is 101 Å². The number of hydrogen-bond acceptors (Lipinski definition) is 6. The molecule has 1 aromatic carbocycles. The maximum absolute atomic E-state index is 13.6. The molecule has 1 saturated heterocycles. The molecule has 3 heterocycles. The molecule has 37 heavy (non-hydrogen) atoms. The summed E-state index contributed by atoms with van der Waals surface area (Å²) in [6.07, 6.45) is 3.59. The molecule has 3 aromatic rings. The average Bonchev–Trinajstić information content (AvgIpc) is 3.20. The summed E-state index contributed by atoms with van der Waals surface area (Å²) in [6.45, 7) is 8.10. The number of nitrogens with zero attached hydrogens (tertiary/aromatic N) is 4. The van der Waals surface area contributed by atoms with Gasteiger partial charge in [-0.1, -0.05) is 20.3 Å². The standard InChI is InChI=1S/C26H36FN5O4S/c1-5-7-19-17-30(4)24-23(19)28-25(29-26(24)33)21-14-20(8-9-22(21)36-6-2)37(34,35)32-12-10-31(11-13-32)16-18(3)15-27/h8-9,14,17-18H,5-7,10-13,15-16H2,1-4H3,(H,28,29,33)/t18-/m1/s1.